The molecule has 1 aromatic heterocycles. The van der Waals surface area contributed by atoms with E-state index in [1.54, 1.807) is 26.2 Å². The van der Waals surface area contributed by atoms with Gasteiger partial charge in [0.2, 0.25) is 0 Å². The molecule has 0 bridgehead atoms. The van der Waals surface area contributed by atoms with Crippen LogP contribution in [0.3, 0.4) is 0 Å². The van der Waals surface area contributed by atoms with Gasteiger partial charge in [-0.3, -0.25) is 4.79 Å². The van der Waals surface area contributed by atoms with Gasteiger partial charge in [-0.25, -0.2) is 9.59 Å². The molecule has 1 atom stereocenters. The molecule has 1 unspecified atom stereocenters. The van der Waals surface area contributed by atoms with Gasteiger partial charge in [-0.2, -0.15) is 0 Å². The van der Waals surface area contributed by atoms with Crippen LogP contribution in [0.25, 0.3) is 0 Å². The zero-order valence-electron chi connectivity index (χ0n) is 10.9. The highest BCUT2D eigenvalue weighted by Gasteiger charge is 2.32. The van der Waals surface area contributed by atoms with Crippen LogP contribution >= 0.6 is 11.3 Å². The third-order valence-corrected chi connectivity index (χ3v) is 3.12. The molecule has 2 amide bonds. The van der Waals surface area contributed by atoms with Gasteiger partial charge in [0.05, 0.1) is 6.54 Å². The van der Waals surface area contributed by atoms with Gasteiger partial charge in [-0.05, 0) is 5.41 Å². The van der Waals surface area contributed by atoms with E-state index in [0.717, 1.165) is 11.3 Å². The molecule has 7 nitrogen and oxygen atoms in total. The summed E-state index contributed by atoms with van der Waals surface area (Å²) in [5.41, 5.74) is -0.0207. The standard InChI is InChI=1S/C11H17N3O4S/c1-11(2,3)7(8(15)16)14-9(17)12-4-6-5-19-10(18)13-6/h5,7H,4H2,1-3H3,(H,13,18)(H,15,16)(H2,12,14,17). The van der Waals surface area contributed by atoms with E-state index in [4.69, 9.17) is 5.11 Å². The highest BCUT2D eigenvalue weighted by atomic mass is 32.1. The summed E-state index contributed by atoms with van der Waals surface area (Å²) in [5, 5.41) is 15.5. The first-order valence-electron chi connectivity index (χ1n) is 5.64. The molecule has 0 fully saturated rings. The molecule has 0 aliphatic rings. The molecule has 8 heteroatoms. The van der Waals surface area contributed by atoms with Crippen molar-refractivity contribution in [2.45, 2.75) is 33.4 Å². The number of H-pyrrole nitrogens is 1. The van der Waals surface area contributed by atoms with Gasteiger partial charge in [0.15, 0.2) is 0 Å². The van der Waals surface area contributed by atoms with Gasteiger partial charge in [-0.1, -0.05) is 32.1 Å². The van der Waals surface area contributed by atoms with Gasteiger partial charge < -0.3 is 20.7 Å². The second-order valence-corrected chi connectivity index (χ2v) is 5.98. The molecule has 1 rings (SSSR count). The second-order valence-electron chi connectivity index (χ2n) is 5.14. The number of rotatable bonds is 4. The molecule has 106 valence electrons. The van der Waals surface area contributed by atoms with E-state index in [9.17, 15) is 14.4 Å². The number of urea groups is 1. The predicted molar refractivity (Wildman–Crippen MR) is 71.2 cm³/mol. The number of carboxylic acid groups (broad SMARTS) is 1. The zero-order chi connectivity index (χ0) is 14.6. The number of carbonyl (C=O) groups is 2. The summed E-state index contributed by atoms with van der Waals surface area (Å²) in [5.74, 6) is -1.09. The quantitative estimate of drug-likeness (QED) is 0.654. The summed E-state index contributed by atoms with van der Waals surface area (Å²) in [4.78, 5) is 35.9. The SMILES string of the molecule is CC(C)(C)C(NC(=O)NCc1csc(=O)[nH]1)C(=O)O. The molecule has 19 heavy (non-hydrogen) atoms. The number of aromatic nitrogens is 1. The fraction of sp³-hybridized carbons (Fsp3) is 0.545. The smallest absolute Gasteiger partial charge is 0.326 e. The van der Waals surface area contributed by atoms with Gasteiger partial charge in [0, 0.05) is 11.1 Å². The van der Waals surface area contributed by atoms with Crippen molar-refractivity contribution >= 4 is 23.3 Å². The first-order chi connectivity index (χ1) is 8.70. The number of nitrogens with one attached hydrogen (secondary N) is 3. The van der Waals surface area contributed by atoms with Crippen LogP contribution < -0.4 is 15.5 Å². The number of aromatic amines is 1. The number of carboxylic acids is 1. The van der Waals surface area contributed by atoms with Crippen molar-refractivity contribution in [2.24, 2.45) is 5.41 Å². The molecule has 0 saturated carbocycles. The molecule has 0 radical (unpaired) electrons. The Kier molecular flexibility index (Phi) is 4.71. The third kappa shape index (κ3) is 4.74. The van der Waals surface area contributed by atoms with Crippen molar-refractivity contribution in [3.05, 3.63) is 20.7 Å². The van der Waals surface area contributed by atoms with Crippen LogP contribution in [0, 0.1) is 5.41 Å². The maximum absolute atomic E-state index is 11.6. The van der Waals surface area contributed by atoms with Crippen molar-refractivity contribution in [1.29, 1.82) is 0 Å². The van der Waals surface area contributed by atoms with E-state index in [0.29, 0.717) is 5.69 Å². The molecule has 1 heterocycles. The minimum atomic E-state index is -1.09. The molecule has 0 saturated heterocycles. The molecule has 0 aliphatic carbocycles. The highest BCUT2D eigenvalue weighted by Crippen LogP contribution is 2.19. The summed E-state index contributed by atoms with van der Waals surface area (Å²) in [6.45, 7) is 5.31. The van der Waals surface area contributed by atoms with E-state index in [1.807, 2.05) is 0 Å². The lowest BCUT2D eigenvalue weighted by atomic mass is 9.87. The summed E-state index contributed by atoms with van der Waals surface area (Å²) in [6, 6.07) is -1.58. The summed E-state index contributed by atoms with van der Waals surface area (Å²) < 4.78 is 0. The Bertz CT molecular complexity index is 515. The van der Waals surface area contributed by atoms with Gasteiger partial charge in [0.1, 0.15) is 6.04 Å². The number of carbonyl (C=O) groups excluding carboxylic acids is 1. The number of aliphatic carboxylic acids is 1. The van der Waals surface area contributed by atoms with Gasteiger partial charge in [-0.15, -0.1) is 0 Å². The van der Waals surface area contributed by atoms with Gasteiger partial charge in [0.25, 0.3) is 0 Å². The van der Waals surface area contributed by atoms with Crippen molar-refractivity contribution in [3.8, 4) is 0 Å². The summed E-state index contributed by atoms with van der Waals surface area (Å²) in [6.07, 6.45) is 0. The molecule has 0 aromatic carbocycles. The Balaban J connectivity index is 2.54. The molecular weight excluding hydrogens is 270 g/mol. The fourth-order valence-electron chi connectivity index (χ4n) is 1.41. The third-order valence-electron chi connectivity index (χ3n) is 2.40. The van der Waals surface area contributed by atoms with E-state index in [1.165, 1.54) is 0 Å². The second kappa shape index (κ2) is 5.87. The van der Waals surface area contributed by atoms with E-state index < -0.39 is 23.5 Å². The lowest BCUT2D eigenvalue weighted by Crippen LogP contribution is -2.52. The van der Waals surface area contributed by atoms with E-state index >= 15 is 0 Å². The molecule has 0 spiro atoms. The normalized spacial score (nSPS) is 12.8. The maximum Gasteiger partial charge on any atom is 0.326 e. The lowest BCUT2D eigenvalue weighted by molar-refractivity contribution is -0.141. The number of hydrogen-bond acceptors (Lipinski definition) is 4. The lowest BCUT2D eigenvalue weighted by Gasteiger charge is -2.27. The predicted octanol–water partition coefficient (Wildman–Crippen LogP) is 0.735. The largest absolute Gasteiger partial charge is 0.480 e. The van der Waals surface area contributed by atoms with Crippen molar-refractivity contribution in [1.82, 2.24) is 15.6 Å². The monoisotopic (exact) mass is 287 g/mol. The highest BCUT2D eigenvalue weighted by molar-refractivity contribution is 7.07. The molecule has 1 aromatic rings. The molecule has 4 N–H and O–H groups in total. The fourth-order valence-corrected chi connectivity index (χ4v) is 1.99. The van der Waals surface area contributed by atoms with Crippen LogP contribution in [-0.4, -0.2) is 28.1 Å². The van der Waals surface area contributed by atoms with Gasteiger partial charge >= 0.3 is 16.9 Å². The number of hydrogen-bond donors (Lipinski definition) is 4. The first kappa shape index (κ1) is 15.2. The Morgan fingerprint density at radius 3 is 2.53 bits per heavy atom. The minimum absolute atomic E-state index is 0.140. The molecule has 0 aliphatic heterocycles. The van der Waals surface area contributed by atoms with Crippen LogP contribution in [0.4, 0.5) is 4.79 Å². The van der Waals surface area contributed by atoms with Crippen LogP contribution in [-0.2, 0) is 11.3 Å². The van der Waals surface area contributed by atoms with E-state index in [2.05, 4.69) is 15.6 Å². The maximum atomic E-state index is 11.6. The van der Waals surface area contributed by atoms with Crippen molar-refractivity contribution in [2.75, 3.05) is 0 Å². The van der Waals surface area contributed by atoms with E-state index in [-0.39, 0.29) is 11.4 Å². The van der Waals surface area contributed by atoms with Crippen molar-refractivity contribution in [3.63, 3.8) is 0 Å². The van der Waals surface area contributed by atoms with Crippen LogP contribution in [0.1, 0.15) is 26.5 Å². The summed E-state index contributed by atoms with van der Waals surface area (Å²) in [7, 11) is 0. The topological polar surface area (TPSA) is 111 Å². The minimum Gasteiger partial charge on any atom is -0.480 e. The van der Waals surface area contributed by atoms with Crippen LogP contribution in [0.5, 0.6) is 0 Å². The Morgan fingerprint density at radius 2 is 2.11 bits per heavy atom. The zero-order valence-corrected chi connectivity index (χ0v) is 11.8. The Morgan fingerprint density at radius 1 is 1.47 bits per heavy atom. The van der Waals surface area contributed by atoms with Crippen molar-refractivity contribution < 1.29 is 14.7 Å². The first-order valence-corrected chi connectivity index (χ1v) is 6.52. The average Bonchev–Trinajstić information content (AvgIpc) is 2.67. The average molecular weight is 287 g/mol. The molecular formula is C11H17N3O4S. The number of amides is 2. The van der Waals surface area contributed by atoms with Crippen LogP contribution in [0.2, 0.25) is 0 Å². The summed E-state index contributed by atoms with van der Waals surface area (Å²) >= 11 is 1.00. The van der Waals surface area contributed by atoms with Crippen LogP contribution in [0.15, 0.2) is 10.2 Å². The number of thiazole rings is 1. The Hall–Kier alpha value is -1.83. The Labute approximate surface area is 114 Å².